The Labute approximate surface area is 82.0 Å². The van der Waals surface area contributed by atoms with Crippen LogP contribution in [0.1, 0.15) is 13.8 Å². The van der Waals surface area contributed by atoms with Gasteiger partial charge in [-0.2, -0.15) is 9.97 Å². The summed E-state index contributed by atoms with van der Waals surface area (Å²) in [5.74, 6) is 1.25. The highest BCUT2D eigenvalue weighted by atomic mass is 32.1. The van der Waals surface area contributed by atoms with Gasteiger partial charge in [-0.1, -0.05) is 0 Å². The van der Waals surface area contributed by atoms with Gasteiger partial charge < -0.3 is 10.6 Å². The molecule has 0 aliphatic heterocycles. The molecule has 5 nitrogen and oxygen atoms in total. The topological polar surface area (TPSA) is 65.6 Å². The Kier molecular flexibility index (Phi) is 3.18. The lowest BCUT2D eigenvalue weighted by atomic mass is 10.4. The van der Waals surface area contributed by atoms with Crippen LogP contribution in [-0.2, 0) is 0 Å². The van der Waals surface area contributed by atoms with Gasteiger partial charge in [0.1, 0.15) is 0 Å². The van der Waals surface area contributed by atoms with Crippen LogP contribution in [-0.4, -0.2) is 28.0 Å². The van der Waals surface area contributed by atoms with Gasteiger partial charge >= 0.3 is 0 Å². The van der Waals surface area contributed by atoms with Gasteiger partial charge in [-0.05, 0) is 26.1 Å². The molecule has 0 aliphatic carbocycles. The summed E-state index contributed by atoms with van der Waals surface area (Å²) in [6.45, 7) is 4.05. The van der Waals surface area contributed by atoms with Crippen LogP contribution in [0.5, 0.6) is 0 Å². The number of rotatable bonds is 3. The average Bonchev–Trinajstić information content (AvgIpc) is 2.01. The summed E-state index contributed by atoms with van der Waals surface area (Å²) in [4.78, 5) is 10.9. The number of nitrogens with one attached hydrogen (secondary N) is 3. The summed E-state index contributed by atoms with van der Waals surface area (Å²) in [5.41, 5.74) is 0. The van der Waals surface area contributed by atoms with Crippen molar-refractivity contribution in [2.24, 2.45) is 0 Å². The normalized spacial score (nSPS) is 10.2. The van der Waals surface area contributed by atoms with Crippen molar-refractivity contribution in [1.29, 1.82) is 0 Å². The summed E-state index contributed by atoms with van der Waals surface area (Å²) in [6, 6.07) is 0.310. The van der Waals surface area contributed by atoms with Crippen molar-refractivity contribution in [3.63, 3.8) is 0 Å². The van der Waals surface area contributed by atoms with Gasteiger partial charge in [0.25, 0.3) is 0 Å². The number of aromatic amines is 1. The Morgan fingerprint density at radius 2 is 1.92 bits per heavy atom. The predicted molar refractivity (Wildman–Crippen MR) is 55.5 cm³/mol. The Hall–Kier alpha value is -1.17. The summed E-state index contributed by atoms with van der Waals surface area (Å²) in [5, 5.41) is 5.98. The van der Waals surface area contributed by atoms with Crippen LogP contribution in [0.25, 0.3) is 0 Å². The fourth-order valence-electron chi connectivity index (χ4n) is 0.845. The molecule has 0 spiro atoms. The van der Waals surface area contributed by atoms with Crippen LogP contribution in [0.4, 0.5) is 11.9 Å². The summed E-state index contributed by atoms with van der Waals surface area (Å²) in [6.07, 6.45) is 0. The first-order chi connectivity index (χ1) is 6.11. The molecule has 0 fully saturated rings. The first-order valence-electron chi connectivity index (χ1n) is 4.04. The van der Waals surface area contributed by atoms with Crippen LogP contribution < -0.4 is 10.6 Å². The Balaban J connectivity index is 2.95. The molecule has 1 aromatic rings. The molecule has 0 saturated carbocycles. The highest BCUT2D eigenvalue weighted by Crippen LogP contribution is 2.03. The lowest BCUT2D eigenvalue weighted by molar-refractivity contribution is 0.864. The largest absolute Gasteiger partial charge is 0.359 e. The highest BCUT2D eigenvalue weighted by Gasteiger charge is 1.99. The smallest absolute Gasteiger partial charge is 0.225 e. The maximum Gasteiger partial charge on any atom is 0.225 e. The summed E-state index contributed by atoms with van der Waals surface area (Å²) >= 11 is 4.88. The average molecular weight is 199 g/mol. The van der Waals surface area contributed by atoms with E-state index in [1.165, 1.54) is 0 Å². The molecule has 0 atom stereocenters. The van der Waals surface area contributed by atoms with Gasteiger partial charge in [0.2, 0.25) is 16.7 Å². The Morgan fingerprint density at radius 1 is 1.31 bits per heavy atom. The van der Waals surface area contributed by atoms with Gasteiger partial charge in [0.15, 0.2) is 0 Å². The molecule has 1 aromatic heterocycles. The molecule has 0 aromatic carbocycles. The standard InChI is InChI=1S/C7H13N5S/c1-4(2)9-6-10-5(8-3)11-7(13)12-6/h4H,1-3H3,(H3,8,9,10,11,12,13). The van der Waals surface area contributed by atoms with Crippen molar-refractivity contribution in [2.75, 3.05) is 17.7 Å². The Bertz CT molecular complexity index is 332. The van der Waals surface area contributed by atoms with E-state index in [1.807, 2.05) is 13.8 Å². The number of hydrogen-bond donors (Lipinski definition) is 3. The zero-order chi connectivity index (χ0) is 9.84. The molecular weight excluding hydrogens is 186 g/mol. The van der Waals surface area contributed by atoms with E-state index in [9.17, 15) is 0 Å². The zero-order valence-electron chi connectivity index (χ0n) is 7.88. The number of anilines is 2. The fraction of sp³-hybridized carbons (Fsp3) is 0.571. The van der Waals surface area contributed by atoms with E-state index in [0.29, 0.717) is 22.7 Å². The lowest BCUT2D eigenvalue weighted by Gasteiger charge is -2.09. The van der Waals surface area contributed by atoms with Gasteiger partial charge in [0, 0.05) is 13.1 Å². The van der Waals surface area contributed by atoms with Gasteiger partial charge in [-0.3, -0.25) is 4.98 Å². The predicted octanol–water partition coefficient (Wildman–Crippen LogP) is 1.40. The highest BCUT2D eigenvalue weighted by molar-refractivity contribution is 7.71. The molecule has 72 valence electrons. The molecule has 0 aliphatic rings. The third-order valence-corrected chi connectivity index (χ3v) is 1.50. The zero-order valence-corrected chi connectivity index (χ0v) is 8.70. The molecule has 0 unspecified atom stereocenters. The van der Waals surface area contributed by atoms with Crippen LogP contribution in [0, 0.1) is 4.77 Å². The molecular formula is C7H13N5S. The van der Waals surface area contributed by atoms with Gasteiger partial charge in [0.05, 0.1) is 0 Å². The summed E-state index contributed by atoms with van der Waals surface area (Å²) < 4.78 is 0.325. The van der Waals surface area contributed by atoms with Crippen LogP contribution in [0.15, 0.2) is 0 Å². The molecule has 0 bridgehead atoms. The summed E-state index contributed by atoms with van der Waals surface area (Å²) in [7, 11) is 1.77. The molecule has 0 amide bonds. The van der Waals surface area contributed by atoms with Crippen LogP contribution >= 0.6 is 12.2 Å². The maximum atomic E-state index is 4.88. The van der Waals surface area contributed by atoms with Gasteiger partial charge in [-0.25, -0.2) is 0 Å². The monoisotopic (exact) mass is 199 g/mol. The second kappa shape index (κ2) is 4.18. The van der Waals surface area contributed by atoms with Crippen LogP contribution in [0.2, 0.25) is 0 Å². The minimum atomic E-state index is 0.310. The quantitative estimate of drug-likeness (QED) is 0.642. The maximum absolute atomic E-state index is 4.88. The van der Waals surface area contributed by atoms with E-state index in [0.717, 1.165) is 0 Å². The lowest BCUT2D eigenvalue weighted by Crippen LogP contribution is -2.13. The van der Waals surface area contributed by atoms with Crippen molar-refractivity contribution >= 4 is 24.1 Å². The minimum Gasteiger partial charge on any atom is -0.359 e. The number of H-pyrrole nitrogens is 1. The number of aromatic nitrogens is 3. The van der Waals surface area contributed by atoms with Gasteiger partial charge in [-0.15, -0.1) is 0 Å². The Morgan fingerprint density at radius 3 is 2.46 bits per heavy atom. The first-order valence-corrected chi connectivity index (χ1v) is 4.45. The molecule has 3 N–H and O–H groups in total. The SMILES string of the molecule is CNc1nc(=S)nc(NC(C)C)[nH]1. The van der Waals surface area contributed by atoms with Crippen molar-refractivity contribution in [2.45, 2.75) is 19.9 Å². The number of nitrogens with zero attached hydrogens (tertiary/aromatic N) is 2. The van der Waals surface area contributed by atoms with E-state index >= 15 is 0 Å². The first kappa shape index (κ1) is 9.91. The minimum absolute atomic E-state index is 0.310. The molecule has 1 rings (SSSR count). The van der Waals surface area contributed by atoms with E-state index in [4.69, 9.17) is 12.2 Å². The van der Waals surface area contributed by atoms with E-state index in [-0.39, 0.29) is 0 Å². The van der Waals surface area contributed by atoms with Crippen molar-refractivity contribution < 1.29 is 0 Å². The van der Waals surface area contributed by atoms with E-state index < -0.39 is 0 Å². The second-order valence-corrected chi connectivity index (χ2v) is 3.24. The molecule has 0 saturated heterocycles. The van der Waals surface area contributed by atoms with Crippen molar-refractivity contribution in [1.82, 2.24) is 15.0 Å². The van der Waals surface area contributed by atoms with E-state index in [1.54, 1.807) is 7.05 Å². The third kappa shape index (κ3) is 2.98. The fourth-order valence-corrected chi connectivity index (χ4v) is 1.03. The number of hydrogen-bond acceptors (Lipinski definition) is 5. The molecule has 13 heavy (non-hydrogen) atoms. The molecule has 0 radical (unpaired) electrons. The molecule has 6 heteroatoms. The molecule has 1 heterocycles. The van der Waals surface area contributed by atoms with Crippen molar-refractivity contribution in [3.05, 3.63) is 4.77 Å². The third-order valence-electron chi connectivity index (χ3n) is 1.31. The van der Waals surface area contributed by atoms with E-state index in [2.05, 4.69) is 25.6 Å². The second-order valence-electron chi connectivity index (χ2n) is 2.88. The van der Waals surface area contributed by atoms with Crippen molar-refractivity contribution in [3.8, 4) is 0 Å². The van der Waals surface area contributed by atoms with Crippen LogP contribution in [0.3, 0.4) is 0 Å².